The van der Waals surface area contributed by atoms with Crippen molar-refractivity contribution in [1.29, 1.82) is 0 Å². The second-order valence-electron chi connectivity index (χ2n) is 7.40. The van der Waals surface area contributed by atoms with Crippen molar-refractivity contribution >= 4 is 16.7 Å². The minimum atomic E-state index is -0.703. The third-order valence-corrected chi connectivity index (χ3v) is 4.75. The van der Waals surface area contributed by atoms with E-state index in [1.54, 1.807) is 31.2 Å². The van der Waals surface area contributed by atoms with E-state index in [2.05, 4.69) is 6.92 Å². The number of ether oxygens (including phenoxy) is 2. The molecule has 31 heavy (non-hydrogen) atoms. The number of fused-ring (bicyclic) bond motifs is 1. The van der Waals surface area contributed by atoms with Crippen LogP contribution < -0.4 is 20.8 Å². The Kier molecular flexibility index (Phi) is 7.31. The molecule has 3 N–H and O–H groups in total. The van der Waals surface area contributed by atoms with Crippen molar-refractivity contribution in [3.8, 4) is 22.6 Å². The highest BCUT2D eigenvalue weighted by molar-refractivity contribution is 5.97. The van der Waals surface area contributed by atoms with Crippen LogP contribution in [0.4, 0.5) is 0 Å². The van der Waals surface area contributed by atoms with Gasteiger partial charge in [-0.2, -0.15) is 0 Å². The Balaban J connectivity index is 2.16. The van der Waals surface area contributed by atoms with Crippen molar-refractivity contribution in [3.63, 3.8) is 0 Å². The summed E-state index contributed by atoms with van der Waals surface area (Å²) < 4.78 is 17.0. The number of hydrogen-bond donors (Lipinski definition) is 2. The Morgan fingerprint density at radius 3 is 2.55 bits per heavy atom. The van der Waals surface area contributed by atoms with Gasteiger partial charge in [-0.25, -0.2) is 4.79 Å². The molecule has 0 radical (unpaired) electrons. The van der Waals surface area contributed by atoms with Crippen molar-refractivity contribution in [1.82, 2.24) is 0 Å². The van der Waals surface area contributed by atoms with Crippen LogP contribution in [0.25, 0.3) is 21.9 Å². The number of carbonyl (C=O) groups excluding carboxylic acids is 1. The van der Waals surface area contributed by atoms with Crippen molar-refractivity contribution < 1.29 is 23.8 Å². The van der Waals surface area contributed by atoms with Gasteiger partial charge in [0.05, 0.1) is 18.1 Å². The molecule has 2 aromatic carbocycles. The topological polar surface area (TPSA) is 112 Å². The van der Waals surface area contributed by atoms with E-state index >= 15 is 0 Å². The van der Waals surface area contributed by atoms with E-state index in [-0.39, 0.29) is 13.0 Å². The first kappa shape index (κ1) is 22.4. The van der Waals surface area contributed by atoms with Crippen LogP contribution in [0.1, 0.15) is 32.4 Å². The quantitative estimate of drug-likeness (QED) is 0.481. The summed E-state index contributed by atoms with van der Waals surface area (Å²) in [6, 6.07) is 12.5. The molecule has 0 aliphatic rings. The van der Waals surface area contributed by atoms with Crippen molar-refractivity contribution in [2.45, 2.75) is 39.2 Å². The highest BCUT2D eigenvalue weighted by Gasteiger charge is 2.19. The lowest BCUT2D eigenvalue weighted by Gasteiger charge is -2.16. The third kappa shape index (κ3) is 5.44. The maximum Gasteiger partial charge on any atom is 0.343 e. The van der Waals surface area contributed by atoms with Gasteiger partial charge >= 0.3 is 5.63 Å². The monoisotopic (exact) mass is 425 g/mol. The molecule has 0 bridgehead atoms. The van der Waals surface area contributed by atoms with Gasteiger partial charge in [-0.1, -0.05) is 37.6 Å². The van der Waals surface area contributed by atoms with Crippen LogP contribution in [-0.4, -0.2) is 30.3 Å². The molecular weight excluding hydrogens is 398 g/mol. The minimum Gasteiger partial charge on any atom is -0.490 e. The van der Waals surface area contributed by atoms with Gasteiger partial charge < -0.3 is 24.7 Å². The SMILES string of the molecule is CCCCOc1ccc(-c2c(CC(C)O)oc(=O)c3ccccc23)cc1OCC(N)=O. The summed E-state index contributed by atoms with van der Waals surface area (Å²) in [6.07, 6.45) is 1.32. The van der Waals surface area contributed by atoms with E-state index in [0.29, 0.717) is 45.8 Å². The zero-order valence-electron chi connectivity index (χ0n) is 17.7. The number of hydrogen-bond acceptors (Lipinski definition) is 6. The highest BCUT2D eigenvalue weighted by Crippen LogP contribution is 2.37. The summed E-state index contributed by atoms with van der Waals surface area (Å²) in [5.74, 6) is 0.637. The van der Waals surface area contributed by atoms with Crippen LogP contribution >= 0.6 is 0 Å². The Labute approximate surface area is 180 Å². The van der Waals surface area contributed by atoms with Crippen LogP contribution in [0, 0.1) is 0 Å². The maximum atomic E-state index is 12.5. The van der Waals surface area contributed by atoms with Gasteiger partial charge in [0.25, 0.3) is 5.91 Å². The average molecular weight is 425 g/mol. The molecule has 0 saturated heterocycles. The zero-order chi connectivity index (χ0) is 22.4. The Bertz CT molecular complexity index is 1120. The standard InChI is InChI=1S/C24H27NO6/c1-3-4-11-29-19-10-9-16(13-20(19)30-14-22(25)27)23-17-7-5-6-8-18(17)24(28)31-21(23)12-15(2)26/h5-10,13,15,26H,3-4,11-12,14H2,1-2H3,(H2,25,27). The largest absolute Gasteiger partial charge is 0.490 e. The predicted molar refractivity (Wildman–Crippen MR) is 118 cm³/mol. The van der Waals surface area contributed by atoms with Crippen molar-refractivity contribution in [2.75, 3.05) is 13.2 Å². The van der Waals surface area contributed by atoms with Crippen LogP contribution in [0.2, 0.25) is 0 Å². The molecule has 1 atom stereocenters. The summed E-state index contributed by atoms with van der Waals surface area (Å²) in [6.45, 7) is 3.91. The van der Waals surface area contributed by atoms with Gasteiger partial charge in [0.15, 0.2) is 18.1 Å². The second-order valence-corrected chi connectivity index (χ2v) is 7.40. The lowest BCUT2D eigenvalue weighted by Crippen LogP contribution is -2.20. The fourth-order valence-electron chi connectivity index (χ4n) is 3.35. The van der Waals surface area contributed by atoms with Crippen molar-refractivity contribution in [2.24, 2.45) is 5.73 Å². The average Bonchev–Trinajstić information content (AvgIpc) is 2.73. The minimum absolute atomic E-state index is 0.168. The van der Waals surface area contributed by atoms with Crippen LogP contribution in [0.3, 0.4) is 0 Å². The van der Waals surface area contributed by atoms with Gasteiger partial charge in [0, 0.05) is 17.4 Å². The summed E-state index contributed by atoms with van der Waals surface area (Å²) in [7, 11) is 0. The molecule has 0 fully saturated rings. The number of primary amides is 1. The van der Waals surface area contributed by atoms with Gasteiger partial charge in [-0.3, -0.25) is 4.79 Å². The van der Waals surface area contributed by atoms with Crippen LogP contribution in [0.15, 0.2) is 51.7 Å². The van der Waals surface area contributed by atoms with E-state index < -0.39 is 17.6 Å². The van der Waals surface area contributed by atoms with Crippen LogP contribution in [0.5, 0.6) is 11.5 Å². The number of rotatable bonds is 10. The predicted octanol–water partition coefficient (Wildman–Crippen LogP) is 3.43. The molecule has 0 aliphatic carbocycles. The number of benzene rings is 2. The van der Waals surface area contributed by atoms with Gasteiger partial charge in [0.1, 0.15) is 5.76 Å². The third-order valence-electron chi connectivity index (χ3n) is 4.75. The number of aliphatic hydroxyl groups is 1. The molecule has 3 rings (SSSR count). The highest BCUT2D eigenvalue weighted by atomic mass is 16.5. The van der Waals surface area contributed by atoms with Gasteiger partial charge in [0.2, 0.25) is 0 Å². The van der Waals surface area contributed by atoms with E-state index in [4.69, 9.17) is 19.6 Å². The molecule has 1 amide bonds. The van der Waals surface area contributed by atoms with Crippen molar-refractivity contribution in [3.05, 3.63) is 58.6 Å². The lowest BCUT2D eigenvalue weighted by molar-refractivity contribution is -0.119. The molecule has 3 aromatic rings. The molecule has 1 heterocycles. The first-order valence-electron chi connectivity index (χ1n) is 10.3. The first-order valence-corrected chi connectivity index (χ1v) is 10.3. The molecule has 7 heteroatoms. The number of carbonyl (C=O) groups is 1. The number of amides is 1. The Morgan fingerprint density at radius 1 is 1.13 bits per heavy atom. The van der Waals surface area contributed by atoms with E-state index in [1.807, 2.05) is 18.2 Å². The fourth-order valence-corrected chi connectivity index (χ4v) is 3.35. The maximum absolute atomic E-state index is 12.5. The van der Waals surface area contributed by atoms with Gasteiger partial charge in [-0.05, 0) is 37.1 Å². The molecule has 0 aliphatic heterocycles. The first-order chi connectivity index (χ1) is 14.9. The summed E-state index contributed by atoms with van der Waals surface area (Å²) in [5.41, 5.74) is 6.18. The molecule has 164 valence electrons. The molecule has 1 aromatic heterocycles. The summed E-state index contributed by atoms with van der Waals surface area (Å²) in [4.78, 5) is 23.7. The lowest BCUT2D eigenvalue weighted by atomic mass is 9.96. The normalized spacial score (nSPS) is 12.0. The molecule has 7 nitrogen and oxygen atoms in total. The number of aliphatic hydroxyl groups excluding tert-OH is 1. The Hall–Kier alpha value is -3.32. The van der Waals surface area contributed by atoms with Gasteiger partial charge in [-0.15, -0.1) is 0 Å². The molecule has 0 saturated carbocycles. The smallest absolute Gasteiger partial charge is 0.343 e. The number of unbranched alkanes of at least 4 members (excludes halogenated alkanes) is 1. The second kappa shape index (κ2) is 10.1. The molecule has 0 spiro atoms. The zero-order valence-corrected chi connectivity index (χ0v) is 17.7. The van der Waals surface area contributed by atoms with Crippen LogP contribution in [-0.2, 0) is 11.2 Å². The number of nitrogens with two attached hydrogens (primary N) is 1. The van der Waals surface area contributed by atoms with E-state index in [0.717, 1.165) is 12.8 Å². The van der Waals surface area contributed by atoms with E-state index in [9.17, 15) is 14.7 Å². The molecular formula is C24H27NO6. The summed E-state index contributed by atoms with van der Waals surface area (Å²) in [5, 5.41) is 11.1. The molecule has 1 unspecified atom stereocenters. The Morgan fingerprint density at radius 2 is 1.87 bits per heavy atom. The summed E-state index contributed by atoms with van der Waals surface area (Å²) >= 11 is 0. The van der Waals surface area contributed by atoms with E-state index in [1.165, 1.54) is 0 Å². The fraction of sp³-hybridized carbons (Fsp3) is 0.333.